The van der Waals surface area contributed by atoms with Crippen LogP contribution in [0.15, 0.2) is 12.1 Å². The van der Waals surface area contributed by atoms with Gasteiger partial charge in [0.05, 0.1) is 30.5 Å². The highest BCUT2D eigenvalue weighted by Crippen LogP contribution is 2.34. The van der Waals surface area contributed by atoms with E-state index in [1.165, 1.54) is 32.1 Å². The van der Waals surface area contributed by atoms with Crippen molar-refractivity contribution < 1.29 is 28.6 Å². The predicted molar refractivity (Wildman–Crippen MR) is 104 cm³/mol. The summed E-state index contributed by atoms with van der Waals surface area (Å²) < 4.78 is 24.9. The van der Waals surface area contributed by atoms with Gasteiger partial charge in [0, 0.05) is 20.1 Å². The topological polar surface area (TPSA) is 76.1 Å². The number of rotatable bonds is 8. The Morgan fingerprint density at radius 2 is 1.75 bits per heavy atom. The van der Waals surface area contributed by atoms with E-state index in [2.05, 4.69) is 6.92 Å². The number of anilines is 1. The molecule has 0 bridgehead atoms. The van der Waals surface area contributed by atoms with Crippen LogP contribution in [0.4, 0.5) is 10.1 Å². The standard InChI is InChI=1S/C21H30FNO5/c1-13-5-7-15(8-6-13)20(24)23(16(11-27-3)12-28-4)19-10-18(22)14(2)9-17(19)21(25)26/h9-10,13,15-16H,5-8,11-12H2,1-4H3,(H,25,26). The van der Waals surface area contributed by atoms with E-state index in [0.29, 0.717) is 5.92 Å². The molecule has 1 saturated carbocycles. The fourth-order valence-electron chi connectivity index (χ4n) is 3.82. The van der Waals surface area contributed by atoms with E-state index in [-0.39, 0.29) is 41.9 Å². The minimum atomic E-state index is -1.21. The molecule has 0 unspecified atom stereocenters. The third-order valence-corrected chi connectivity index (χ3v) is 5.45. The van der Waals surface area contributed by atoms with E-state index in [1.54, 1.807) is 0 Å². The number of carbonyl (C=O) groups excluding carboxylic acids is 1. The van der Waals surface area contributed by atoms with Gasteiger partial charge >= 0.3 is 5.97 Å². The fourth-order valence-corrected chi connectivity index (χ4v) is 3.82. The van der Waals surface area contributed by atoms with Crippen LogP contribution in [0.3, 0.4) is 0 Å². The van der Waals surface area contributed by atoms with Crippen LogP contribution < -0.4 is 4.90 Å². The van der Waals surface area contributed by atoms with E-state index in [9.17, 15) is 19.1 Å². The first-order valence-corrected chi connectivity index (χ1v) is 9.64. The van der Waals surface area contributed by atoms with E-state index in [4.69, 9.17) is 9.47 Å². The van der Waals surface area contributed by atoms with Crippen molar-refractivity contribution in [3.05, 3.63) is 29.1 Å². The molecule has 1 N–H and O–H groups in total. The normalized spacial score (nSPS) is 19.6. The zero-order valence-electron chi connectivity index (χ0n) is 17.0. The van der Waals surface area contributed by atoms with Crippen LogP contribution in [-0.2, 0) is 14.3 Å². The van der Waals surface area contributed by atoms with Gasteiger partial charge in [-0.25, -0.2) is 9.18 Å². The number of amides is 1. The minimum Gasteiger partial charge on any atom is -0.478 e. The van der Waals surface area contributed by atoms with Gasteiger partial charge in [-0.3, -0.25) is 4.79 Å². The van der Waals surface area contributed by atoms with Crippen molar-refractivity contribution in [2.24, 2.45) is 11.8 Å². The molecule has 6 nitrogen and oxygen atoms in total. The molecule has 0 saturated heterocycles. The molecular formula is C21H30FNO5. The molecule has 1 fully saturated rings. The molecule has 1 aromatic rings. The van der Waals surface area contributed by atoms with Crippen molar-refractivity contribution in [1.29, 1.82) is 0 Å². The van der Waals surface area contributed by atoms with E-state index in [1.807, 2.05) is 0 Å². The van der Waals surface area contributed by atoms with Crippen LogP contribution in [-0.4, -0.2) is 50.5 Å². The first kappa shape index (κ1) is 22.3. The molecule has 0 spiro atoms. The summed E-state index contributed by atoms with van der Waals surface area (Å²) in [5, 5.41) is 9.68. The number of methoxy groups -OCH3 is 2. The third kappa shape index (κ3) is 5.08. The van der Waals surface area contributed by atoms with Gasteiger partial charge in [-0.2, -0.15) is 0 Å². The number of hydrogen-bond acceptors (Lipinski definition) is 4. The highest BCUT2D eigenvalue weighted by Gasteiger charge is 2.35. The Morgan fingerprint density at radius 3 is 2.25 bits per heavy atom. The lowest BCUT2D eigenvalue weighted by Crippen LogP contribution is -2.49. The molecule has 0 aromatic heterocycles. The number of ether oxygens (including phenoxy) is 2. The zero-order chi connectivity index (χ0) is 20.8. The number of carboxylic acid groups (broad SMARTS) is 1. The summed E-state index contributed by atoms with van der Waals surface area (Å²) in [6.45, 7) is 3.96. The van der Waals surface area contributed by atoms with Gasteiger partial charge in [0.25, 0.3) is 0 Å². The maximum absolute atomic E-state index is 14.4. The summed E-state index contributed by atoms with van der Waals surface area (Å²) in [4.78, 5) is 26.7. The van der Waals surface area contributed by atoms with Crippen LogP contribution in [0.5, 0.6) is 0 Å². The Balaban J connectivity index is 2.53. The predicted octanol–water partition coefficient (Wildman–Crippen LogP) is 3.65. The SMILES string of the molecule is COCC(COC)N(C(=O)C1CCC(C)CC1)c1cc(F)c(C)cc1C(=O)O. The van der Waals surface area contributed by atoms with Crippen LogP contribution in [0, 0.1) is 24.6 Å². The molecule has 28 heavy (non-hydrogen) atoms. The summed E-state index contributed by atoms with van der Waals surface area (Å²) in [6.07, 6.45) is 3.36. The van der Waals surface area contributed by atoms with Crippen LogP contribution in [0.1, 0.15) is 48.5 Å². The minimum absolute atomic E-state index is 0.0540. The van der Waals surface area contributed by atoms with Crippen molar-refractivity contribution >= 4 is 17.6 Å². The monoisotopic (exact) mass is 395 g/mol. The quantitative estimate of drug-likeness (QED) is 0.727. The molecule has 0 atom stereocenters. The highest BCUT2D eigenvalue weighted by molar-refractivity contribution is 6.03. The van der Waals surface area contributed by atoms with E-state index < -0.39 is 17.8 Å². The van der Waals surface area contributed by atoms with Crippen LogP contribution in [0.25, 0.3) is 0 Å². The summed E-state index contributed by atoms with van der Waals surface area (Å²) in [7, 11) is 3.00. The summed E-state index contributed by atoms with van der Waals surface area (Å²) in [5.74, 6) is -1.61. The van der Waals surface area contributed by atoms with Crippen molar-refractivity contribution in [3.8, 4) is 0 Å². The number of carbonyl (C=O) groups is 2. The van der Waals surface area contributed by atoms with Crippen molar-refractivity contribution in [1.82, 2.24) is 0 Å². The van der Waals surface area contributed by atoms with Gasteiger partial charge < -0.3 is 19.5 Å². The first-order chi connectivity index (χ1) is 13.3. The number of halogens is 1. The summed E-state index contributed by atoms with van der Waals surface area (Å²) >= 11 is 0. The fraction of sp³-hybridized carbons (Fsp3) is 0.619. The number of aromatic carboxylic acids is 1. The number of nitrogens with zero attached hydrogens (tertiary/aromatic N) is 1. The number of benzene rings is 1. The number of carboxylic acids is 1. The lowest BCUT2D eigenvalue weighted by Gasteiger charge is -2.36. The number of hydrogen-bond donors (Lipinski definition) is 1. The van der Waals surface area contributed by atoms with Crippen molar-refractivity contribution in [3.63, 3.8) is 0 Å². The van der Waals surface area contributed by atoms with Gasteiger partial charge in [0.1, 0.15) is 5.82 Å². The molecule has 0 radical (unpaired) electrons. The van der Waals surface area contributed by atoms with Crippen LogP contribution in [0.2, 0.25) is 0 Å². The van der Waals surface area contributed by atoms with E-state index in [0.717, 1.165) is 31.7 Å². The maximum Gasteiger partial charge on any atom is 0.337 e. The van der Waals surface area contributed by atoms with Gasteiger partial charge in [-0.15, -0.1) is 0 Å². The lowest BCUT2D eigenvalue weighted by atomic mass is 9.82. The zero-order valence-corrected chi connectivity index (χ0v) is 17.0. The average molecular weight is 395 g/mol. The van der Waals surface area contributed by atoms with Crippen molar-refractivity contribution in [2.75, 3.05) is 32.3 Å². The average Bonchev–Trinajstić information content (AvgIpc) is 2.65. The lowest BCUT2D eigenvalue weighted by molar-refractivity contribution is -0.124. The van der Waals surface area contributed by atoms with Crippen molar-refractivity contribution in [2.45, 2.75) is 45.6 Å². The second-order valence-corrected chi connectivity index (χ2v) is 7.65. The highest BCUT2D eigenvalue weighted by atomic mass is 19.1. The van der Waals surface area contributed by atoms with Gasteiger partial charge in [0.15, 0.2) is 0 Å². The summed E-state index contributed by atoms with van der Waals surface area (Å²) in [5.41, 5.74) is 0.169. The largest absolute Gasteiger partial charge is 0.478 e. The first-order valence-electron chi connectivity index (χ1n) is 9.64. The second-order valence-electron chi connectivity index (χ2n) is 7.65. The maximum atomic E-state index is 14.4. The molecule has 1 aliphatic carbocycles. The van der Waals surface area contributed by atoms with E-state index >= 15 is 0 Å². The molecule has 1 aliphatic rings. The Morgan fingerprint density at radius 1 is 1.18 bits per heavy atom. The summed E-state index contributed by atoms with van der Waals surface area (Å²) in [6, 6.07) is 1.86. The number of aryl methyl sites for hydroxylation is 1. The second kappa shape index (κ2) is 9.98. The molecule has 1 amide bonds. The molecule has 0 heterocycles. The third-order valence-electron chi connectivity index (χ3n) is 5.45. The van der Waals surface area contributed by atoms with Gasteiger partial charge in [-0.1, -0.05) is 6.92 Å². The molecule has 2 rings (SSSR count). The Bertz CT molecular complexity index is 694. The smallest absolute Gasteiger partial charge is 0.337 e. The molecule has 0 aliphatic heterocycles. The molecule has 156 valence electrons. The molecule has 1 aromatic carbocycles. The molecule has 7 heteroatoms. The molecular weight excluding hydrogens is 365 g/mol. The Labute approximate surface area is 165 Å². The Hall–Kier alpha value is -1.99. The van der Waals surface area contributed by atoms with Gasteiger partial charge in [-0.05, 0) is 56.2 Å². The van der Waals surface area contributed by atoms with Crippen LogP contribution >= 0.6 is 0 Å². The Kier molecular flexibility index (Phi) is 7.95. The van der Waals surface area contributed by atoms with Gasteiger partial charge in [0.2, 0.25) is 5.91 Å².